The van der Waals surface area contributed by atoms with Gasteiger partial charge in [0.25, 0.3) is 5.91 Å². The van der Waals surface area contributed by atoms with E-state index in [-0.39, 0.29) is 30.3 Å². The van der Waals surface area contributed by atoms with Crippen LogP contribution < -0.4 is 19.3 Å². The molecule has 14 heteroatoms. The quantitative estimate of drug-likeness (QED) is 0.220. The average Bonchev–Trinajstić information content (AvgIpc) is 3.88. The highest BCUT2D eigenvalue weighted by atomic mass is 19.1. The second kappa shape index (κ2) is 14.7. The first kappa shape index (κ1) is 34.5. The molecule has 13 nitrogen and oxygen atoms in total. The maximum atomic E-state index is 16.8. The van der Waals surface area contributed by atoms with Crippen LogP contribution in [0.3, 0.4) is 0 Å². The van der Waals surface area contributed by atoms with Crippen molar-refractivity contribution in [1.29, 1.82) is 0 Å². The first-order valence-electron chi connectivity index (χ1n) is 17.3. The van der Waals surface area contributed by atoms with Gasteiger partial charge in [0.15, 0.2) is 5.82 Å². The molecule has 3 aromatic heterocycles. The molecule has 2 amide bonds. The molecule has 52 heavy (non-hydrogen) atoms. The minimum atomic E-state index is -0.473. The Morgan fingerprint density at radius 1 is 0.942 bits per heavy atom. The van der Waals surface area contributed by atoms with Crippen molar-refractivity contribution < 1.29 is 23.5 Å². The number of hydrogen-bond donors (Lipinski definition) is 1. The van der Waals surface area contributed by atoms with Gasteiger partial charge < -0.3 is 34.1 Å². The van der Waals surface area contributed by atoms with E-state index in [0.29, 0.717) is 85.1 Å². The fourth-order valence-corrected chi connectivity index (χ4v) is 6.89. The van der Waals surface area contributed by atoms with Gasteiger partial charge in [0, 0.05) is 100 Å². The number of methoxy groups -OCH3 is 2. The lowest BCUT2D eigenvalue weighted by Crippen LogP contribution is -2.49. The normalized spacial score (nSPS) is 14.8. The fraction of sp³-hybridized carbons (Fsp3) is 0.342. The molecule has 5 heterocycles. The number of pyridine rings is 1. The van der Waals surface area contributed by atoms with E-state index in [9.17, 15) is 9.59 Å². The monoisotopic (exact) mass is 707 g/mol. The molecular weight excluding hydrogens is 665 g/mol. The van der Waals surface area contributed by atoms with E-state index in [1.807, 2.05) is 61.5 Å². The van der Waals surface area contributed by atoms with Crippen molar-refractivity contribution in [1.82, 2.24) is 34.8 Å². The lowest BCUT2D eigenvalue weighted by molar-refractivity contribution is -0.131. The number of fused-ring (bicyclic) bond motifs is 1. The minimum Gasteiger partial charge on any atom is -0.496 e. The zero-order valence-electron chi connectivity index (χ0n) is 29.8. The number of piperazine rings is 1. The van der Waals surface area contributed by atoms with E-state index in [1.54, 1.807) is 53.2 Å². The van der Waals surface area contributed by atoms with Crippen LogP contribution in [0.25, 0.3) is 27.6 Å². The summed E-state index contributed by atoms with van der Waals surface area (Å²) in [5.41, 5.74) is 4.02. The summed E-state index contributed by atoms with van der Waals surface area (Å²) in [6.45, 7) is 3.34. The Labute approximate surface area is 301 Å². The highest BCUT2D eigenvalue weighted by Crippen LogP contribution is 2.41. The van der Waals surface area contributed by atoms with Gasteiger partial charge in [-0.1, -0.05) is 17.4 Å². The van der Waals surface area contributed by atoms with Crippen molar-refractivity contribution in [3.05, 3.63) is 84.1 Å². The molecule has 0 bridgehead atoms. The van der Waals surface area contributed by atoms with Crippen LogP contribution in [-0.4, -0.2) is 114 Å². The van der Waals surface area contributed by atoms with Crippen LogP contribution in [0.4, 0.5) is 15.9 Å². The summed E-state index contributed by atoms with van der Waals surface area (Å²) in [5.74, 6) is 1.21. The van der Waals surface area contributed by atoms with E-state index in [0.717, 1.165) is 17.1 Å². The topological polar surface area (TPSA) is 125 Å². The van der Waals surface area contributed by atoms with Gasteiger partial charge in [0.1, 0.15) is 17.3 Å². The third kappa shape index (κ3) is 6.88. The maximum absolute atomic E-state index is 16.8. The molecule has 270 valence electrons. The standard InChI is InChI=1S/C38H42FN9O4/c1-44(2)26-10-11-27(32(21-26)51-3)29-22-28(25-7-6-14-47(24-25)35(49)12-15-48-16-13-40-43-48)36(39)37-30(29)23-31(41-37)38(50)46-19-17-45(18-20-46)33-8-5-9-34(42-33)52-4/h5,7-11,13,16,21-23,41H,6,12,14-15,17-20,24H2,1-4H3. The van der Waals surface area contributed by atoms with Crippen molar-refractivity contribution in [2.45, 2.75) is 19.4 Å². The Morgan fingerprint density at radius 2 is 1.77 bits per heavy atom. The molecule has 2 aliphatic heterocycles. The van der Waals surface area contributed by atoms with Crippen LogP contribution in [0.1, 0.15) is 28.9 Å². The van der Waals surface area contributed by atoms with E-state index < -0.39 is 5.82 Å². The number of rotatable bonds is 10. The number of halogens is 1. The number of carbonyl (C=O) groups excluding carboxylic acids is 2. The fourth-order valence-electron chi connectivity index (χ4n) is 6.89. The predicted molar refractivity (Wildman–Crippen MR) is 197 cm³/mol. The number of hydrogen-bond acceptors (Lipinski definition) is 9. The lowest BCUT2D eigenvalue weighted by Gasteiger charge is -2.35. The van der Waals surface area contributed by atoms with Crippen molar-refractivity contribution in [3.63, 3.8) is 0 Å². The Hall–Kier alpha value is -5.92. The van der Waals surface area contributed by atoms with Crippen molar-refractivity contribution in [2.24, 2.45) is 0 Å². The van der Waals surface area contributed by atoms with Gasteiger partial charge in [0.2, 0.25) is 11.8 Å². The predicted octanol–water partition coefficient (Wildman–Crippen LogP) is 4.71. The zero-order valence-corrected chi connectivity index (χ0v) is 29.8. The summed E-state index contributed by atoms with van der Waals surface area (Å²) in [4.78, 5) is 42.6. The van der Waals surface area contributed by atoms with Gasteiger partial charge in [-0.2, -0.15) is 4.98 Å². The van der Waals surface area contributed by atoms with Crippen LogP contribution in [0.5, 0.6) is 11.6 Å². The molecule has 2 aliphatic rings. The molecule has 0 atom stereocenters. The van der Waals surface area contributed by atoms with Gasteiger partial charge in [-0.3, -0.25) is 14.3 Å². The number of nitrogens with one attached hydrogen (secondary N) is 1. The number of carbonyl (C=O) groups is 2. The Bertz CT molecular complexity index is 2120. The smallest absolute Gasteiger partial charge is 0.270 e. The third-order valence-corrected chi connectivity index (χ3v) is 9.76. The summed E-state index contributed by atoms with van der Waals surface area (Å²) in [5, 5.41) is 8.33. The summed E-state index contributed by atoms with van der Waals surface area (Å²) in [6.07, 6.45) is 6.13. The van der Waals surface area contributed by atoms with Crippen LogP contribution in [0.2, 0.25) is 0 Å². The highest BCUT2D eigenvalue weighted by molar-refractivity contribution is 6.05. The second-order valence-electron chi connectivity index (χ2n) is 13.1. The first-order valence-corrected chi connectivity index (χ1v) is 17.3. The van der Waals surface area contributed by atoms with Crippen LogP contribution >= 0.6 is 0 Å². The number of nitrogens with zero attached hydrogens (tertiary/aromatic N) is 8. The molecule has 0 radical (unpaired) electrons. The van der Waals surface area contributed by atoms with Gasteiger partial charge in [0.05, 0.1) is 32.5 Å². The Morgan fingerprint density at radius 3 is 2.50 bits per heavy atom. The summed E-state index contributed by atoms with van der Waals surface area (Å²) in [7, 11) is 7.10. The summed E-state index contributed by atoms with van der Waals surface area (Å²) >= 11 is 0. The molecule has 0 aliphatic carbocycles. The first-order chi connectivity index (χ1) is 25.2. The van der Waals surface area contributed by atoms with Crippen LogP contribution in [-0.2, 0) is 11.3 Å². The number of benzene rings is 2. The van der Waals surface area contributed by atoms with Crippen LogP contribution in [0, 0.1) is 5.82 Å². The number of aromatic amines is 1. The van der Waals surface area contributed by atoms with Crippen molar-refractivity contribution >= 4 is 39.8 Å². The average molecular weight is 708 g/mol. The van der Waals surface area contributed by atoms with E-state index in [1.165, 1.54) is 0 Å². The summed E-state index contributed by atoms with van der Waals surface area (Å²) in [6, 6.07) is 15.1. The molecule has 5 aromatic rings. The molecule has 1 fully saturated rings. The number of ether oxygens (including phenoxy) is 2. The van der Waals surface area contributed by atoms with Crippen LogP contribution in [0.15, 0.2) is 67.0 Å². The van der Waals surface area contributed by atoms with Gasteiger partial charge in [-0.05, 0) is 47.9 Å². The zero-order chi connectivity index (χ0) is 36.4. The SMILES string of the molecule is COc1cccc(N2CCN(C(=O)c3cc4c(-c5ccc(N(C)C)cc5OC)cc(C5=CCCN(C(=O)CCn6ccnn6)C5)c(F)c4[nH]3)CC2)n1. The molecular formula is C38H42FN9O4. The van der Waals surface area contributed by atoms with Gasteiger partial charge in [-0.15, -0.1) is 5.10 Å². The Kier molecular flexibility index (Phi) is 9.79. The summed E-state index contributed by atoms with van der Waals surface area (Å²) < 4.78 is 29.6. The molecule has 0 unspecified atom stereocenters. The van der Waals surface area contributed by atoms with Gasteiger partial charge >= 0.3 is 0 Å². The maximum Gasteiger partial charge on any atom is 0.270 e. The van der Waals surface area contributed by atoms with Crippen molar-refractivity contribution in [3.8, 4) is 22.8 Å². The lowest BCUT2D eigenvalue weighted by atomic mass is 9.92. The molecule has 7 rings (SSSR count). The van der Waals surface area contributed by atoms with Gasteiger partial charge in [-0.25, -0.2) is 4.39 Å². The number of amides is 2. The van der Waals surface area contributed by atoms with E-state index in [2.05, 4.69) is 25.2 Å². The molecule has 2 aromatic carbocycles. The molecule has 1 saturated heterocycles. The minimum absolute atomic E-state index is 0.0428. The largest absolute Gasteiger partial charge is 0.496 e. The second-order valence-corrected chi connectivity index (χ2v) is 13.1. The molecule has 0 saturated carbocycles. The highest BCUT2D eigenvalue weighted by Gasteiger charge is 2.28. The number of H-pyrrole nitrogens is 1. The Balaban J connectivity index is 1.21. The molecule has 1 N–H and O–H groups in total. The molecule has 0 spiro atoms. The van der Waals surface area contributed by atoms with E-state index >= 15 is 4.39 Å². The van der Waals surface area contributed by atoms with Crippen molar-refractivity contribution in [2.75, 3.05) is 77.4 Å². The van der Waals surface area contributed by atoms with E-state index in [4.69, 9.17) is 9.47 Å². The third-order valence-electron chi connectivity index (χ3n) is 9.76. The number of aryl methyl sites for hydroxylation is 1. The number of aromatic nitrogens is 5. The number of anilines is 2.